The molecule has 1 heteroatoms. The lowest BCUT2D eigenvalue weighted by molar-refractivity contribution is 0.384. The molecule has 2 saturated carbocycles. The minimum Gasteiger partial charge on any atom is -0.311 e. The van der Waals surface area contributed by atoms with Gasteiger partial charge in [0.1, 0.15) is 0 Å². The fraction of sp³-hybridized carbons (Fsp3) is 1.00. The molecule has 0 unspecified atom stereocenters. The summed E-state index contributed by atoms with van der Waals surface area (Å²) in [5.74, 6) is 2.17. The van der Waals surface area contributed by atoms with Gasteiger partial charge in [-0.05, 0) is 37.5 Å². The van der Waals surface area contributed by atoms with Crippen molar-refractivity contribution in [3.05, 3.63) is 0 Å². The van der Waals surface area contributed by atoms with Crippen molar-refractivity contribution in [3.8, 4) is 0 Å². The maximum atomic E-state index is 3.81. The molecule has 1 aliphatic heterocycles. The van der Waals surface area contributed by atoms with Gasteiger partial charge in [0.05, 0.1) is 0 Å². The molecule has 0 amide bonds. The van der Waals surface area contributed by atoms with Gasteiger partial charge < -0.3 is 5.32 Å². The second-order valence-corrected chi connectivity index (χ2v) is 4.57. The van der Waals surface area contributed by atoms with Crippen LogP contribution < -0.4 is 5.32 Å². The van der Waals surface area contributed by atoms with E-state index < -0.39 is 0 Å². The molecule has 62 valence electrons. The molecule has 1 N–H and O–H groups in total. The average molecular weight is 151 g/mol. The molecule has 3 aliphatic rings. The summed E-state index contributed by atoms with van der Waals surface area (Å²) in [6.07, 6.45) is 8.98. The van der Waals surface area contributed by atoms with Gasteiger partial charge in [0.15, 0.2) is 0 Å². The van der Waals surface area contributed by atoms with E-state index in [1.54, 1.807) is 0 Å². The van der Waals surface area contributed by atoms with Crippen LogP contribution in [0.4, 0.5) is 0 Å². The van der Waals surface area contributed by atoms with Crippen molar-refractivity contribution in [2.45, 2.75) is 50.6 Å². The smallest absolute Gasteiger partial charge is 0.0101 e. The Morgan fingerprint density at radius 2 is 1.27 bits per heavy atom. The maximum absolute atomic E-state index is 3.81. The van der Waals surface area contributed by atoms with E-state index >= 15 is 0 Å². The van der Waals surface area contributed by atoms with Gasteiger partial charge in [0.2, 0.25) is 0 Å². The third-order valence-corrected chi connectivity index (χ3v) is 4.12. The minimum atomic E-state index is 0.935. The second kappa shape index (κ2) is 2.22. The summed E-state index contributed by atoms with van der Waals surface area (Å²) in [6.45, 7) is 0. The Morgan fingerprint density at radius 1 is 0.727 bits per heavy atom. The first-order valence-corrected chi connectivity index (χ1v) is 5.21. The molecule has 0 spiro atoms. The highest BCUT2D eigenvalue weighted by Crippen LogP contribution is 2.45. The summed E-state index contributed by atoms with van der Waals surface area (Å²) in [6, 6.07) is 1.87. The van der Waals surface area contributed by atoms with Crippen molar-refractivity contribution in [1.29, 1.82) is 0 Å². The van der Waals surface area contributed by atoms with E-state index in [-0.39, 0.29) is 0 Å². The summed E-state index contributed by atoms with van der Waals surface area (Å²) in [7, 11) is 0. The third-order valence-electron chi connectivity index (χ3n) is 4.12. The zero-order valence-corrected chi connectivity index (χ0v) is 7.05. The molecular weight excluding hydrogens is 134 g/mol. The van der Waals surface area contributed by atoms with Gasteiger partial charge >= 0.3 is 0 Å². The molecular formula is C10H17N. The van der Waals surface area contributed by atoms with E-state index in [1.165, 1.54) is 38.5 Å². The van der Waals surface area contributed by atoms with Crippen LogP contribution in [0, 0.1) is 11.8 Å². The van der Waals surface area contributed by atoms with E-state index in [2.05, 4.69) is 5.32 Å². The quantitative estimate of drug-likeness (QED) is 0.558. The topological polar surface area (TPSA) is 12.0 Å². The van der Waals surface area contributed by atoms with Crippen molar-refractivity contribution in [1.82, 2.24) is 5.32 Å². The van der Waals surface area contributed by atoms with Crippen LogP contribution in [0.2, 0.25) is 0 Å². The molecule has 1 heterocycles. The van der Waals surface area contributed by atoms with Crippen molar-refractivity contribution < 1.29 is 0 Å². The summed E-state index contributed by atoms with van der Waals surface area (Å²) in [5, 5.41) is 3.81. The van der Waals surface area contributed by atoms with Crippen molar-refractivity contribution in [3.63, 3.8) is 0 Å². The molecule has 4 atom stereocenters. The molecule has 11 heavy (non-hydrogen) atoms. The zero-order chi connectivity index (χ0) is 7.26. The molecule has 3 rings (SSSR count). The van der Waals surface area contributed by atoms with Crippen LogP contribution in [0.3, 0.4) is 0 Å². The standard InChI is InChI=1S/C10H17N/c1-3-7-8-4-2-6-10(8)11-9(7)5-1/h7-11H,1-6H2/t7-,8-,9-,10-/m1/s1. The van der Waals surface area contributed by atoms with Crippen LogP contribution in [0.25, 0.3) is 0 Å². The van der Waals surface area contributed by atoms with Gasteiger partial charge in [-0.25, -0.2) is 0 Å². The first-order valence-electron chi connectivity index (χ1n) is 5.21. The van der Waals surface area contributed by atoms with Crippen LogP contribution in [-0.2, 0) is 0 Å². The van der Waals surface area contributed by atoms with Gasteiger partial charge in [0.25, 0.3) is 0 Å². The Bertz CT molecular complexity index is 148. The first-order chi connectivity index (χ1) is 5.45. The van der Waals surface area contributed by atoms with E-state index in [0.717, 1.165) is 23.9 Å². The highest BCUT2D eigenvalue weighted by molar-refractivity contribution is 5.02. The van der Waals surface area contributed by atoms with E-state index in [1.807, 2.05) is 0 Å². The fourth-order valence-electron chi connectivity index (χ4n) is 3.69. The summed E-state index contributed by atoms with van der Waals surface area (Å²) in [5.41, 5.74) is 0. The van der Waals surface area contributed by atoms with E-state index in [4.69, 9.17) is 0 Å². The van der Waals surface area contributed by atoms with Crippen molar-refractivity contribution >= 4 is 0 Å². The predicted octanol–water partition coefficient (Wildman–Crippen LogP) is 1.93. The Labute approximate surface area is 68.6 Å². The molecule has 3 fully saturated rings. The largest absolute Gasteiger partial charge is 0.311 e. The molecule has 0 aromatic heterocycles. The van der Waals surface area contributed by atoms with Crippen molar-refractivity contribution in [2.75, 3.05) is 0 Å². The van der Waals surface area contributed by atoms with Crippen LogP contribution in [-0.4, -0.2) is 12.1 Å². The lowest BCUT2D eigenvalue weighted by Crippen LogP contribution is -2.28. The molecule has 0 radical (unpaired) electrons. The first kappa shape index (κ1) is 6.47. The minimum absolute atomic E-state index is 0.935. The lowest BCUT2D eigenvalue weighted by Gasteiger charge is -2.14. The number of hydrogen-bond acceptors (Lipinski definition) is 1. The van der Waals surface area contributed by atoms with Crippen LogP contribution in [0.15, 0.2) is 0 Å². The van der Waals surface area contributed by atoms with Gasteiger partial charge in [0, 0.05) is 12.1 Å². The normalized spacial score (nSPS) is 54.5. The Morgan fingerprint density at radius 3 is 1.82 bits per heavy atom. The maximum Gasteiger partial charge on any atom is 0.0101 e. The third kappa shape index (κ3) is 0.807. The highest BCUT2D eigenvalue weighted by Gasteiger charge is 2.46. The second-order valence-electron chi connectivity index (χ2n) is 4.57. The molecule has 0 aromatic rings. The molecule has 1 nitrogen and oxygen atoms in total. The summed E-state index contributed by atoms with van der Waals surface area (Å²) < 4.78 is 0. The Hall–Kier alpha value is -0.0400. The summed E-state index contributed by atoms with van der Waals surface area (Å²) in [4.78, 5) is 0. The van der Waals surface area contributed by atoms with Crippen molar-refractivity contribution in [2.24, 2.45) is 11.8 Å². The zero-order valence-electron chi connectivity index (χ0n) is 7.05. The molecule has 0 aromatic carbocycles. The number of fused-ring (bicyclic) bond motifs is 3. The fourth-order valence-corrected chi connectivity index (χ4v) is 3.69. The Kier molecular flexibility index (Phi) is 1.31. The van der Waals surface area contributed by atoms with Gasteiger partial charge in [-0.3, -0.25) is 0 Å². The van der Waals surface area contributed by atoms with Crippen LogP contribution >= 0.6 is 0 Å². The highest BCUT2D eigenvalue weighted by atomic mass is 15.0. The SMILES string of the molecule is C1C[C@@H]2[C@H]3CCC[C@H]3N[C@@H]2C1. The number of rotatable bonds is 0. The van der Waals surface area contributed by atoms with Crippen LogP contribution in [0.1, 0.15) is 38.5 Å². The Balaban J connectivity index is 1.84. The number of hydrogen-bond donors (Lipinski definition) is 1. The van der Waals surface area contributed by atoms with Crippen LogP contribution in [0.5, 0.6) is 0 Å². The van der Waals surface area contributed by atoms with Gasteiger partial charge in [-0.1, -0.05) is 12.8 Å². The van der Waals surface area contributed by atoms with Gasteiger partial charge in [-0.15, -0.1) is 0 Å². The van der Waals surface area contributed by atoms with E-state index in [9.17, 15) is 0 Å². The molecule has 1 saturated heterocycles. The average Bonchev–Trinajstić information content (AvgIpc) is 2.52. The predicted molar refractivity (Wildman–Crippen MR) is 45.4 cm³/mol. The van der Waals surface area contributed by atoms with Gasteiger partial charge in [-0.2, -0.15) is 0 Å². The molecule has 2 aliphatic carbocycles. The lowest BCUT2D eigenvalue weighted by atomic mass is 9.90. The van der Waals surface area contributed by atoms with E-state index in [0.29, 0.717) is 0 Å². The molecule has 0 bridgehead atoms. The monoisotopic (exact) mass is 151 g/mol. The summed E-state index contributed by atoms with van der Waals surface area (Å²) >= 11 is 0. The number of nitrogens with one attached hydrogen (secondary N) is 1.